The number of halogens is 1. The Bertz CT molecular complexity index is 488. The molecule has 0 aliphatic rings. The van der Waals surface area contributed by atoms with Crippen molar-refractivity contribution in [2.24, 2.45) is 12.0 Å². The van der Waals surface area contributed by atoms with Crippen molar-refractivity contribution >= 4 is 35.8 Å². The topological polar surface area (TPSA) is 83.3 Å². The van der Waals surface area contributed by atoms with Gasteiger partial charge in [0, 0.05) is 38.8 Å². The second-order valence-corrected chi connectivity index (χ2v) is 5.19. The van der Waals surface area contributed by atoms with Crippen LogP contribution in [0.4, 0.5) is 0 Å². The Morgan fingerprint density at radius 2 is 2.13 bits per heavy atom. The van der Waals surface area contributed by atoms with Crippen LogP contribution >= 0.6 is 24.0 Å². The van der Waals surface area contributed by atoms with Crippen LogP contribution in [0.5, 0.6) is 0 Å². The molecule has 0 saturated carbocycles. The molecule has 0 aliphatic heterocycles. The van der Waals surface area contributed by atoms with E-state index in [4.69, 9.17) is 0 Å². The molecule has 132 valence electrons. The predicted octanol–water partition coefficient (Wildman–Crippen LogP) is 1.40. The SMILES string of the molecule is CCNC(=NCc1ccnn1C)NCCC(=O)NC(C)CC.I. The van der Waals surface area contributed by atoms with Gasteiger partial charge >= 0.3 is 0 Å². The minimum absolute atomic E-state index is 0. The maximum absolute atomic E-state index is 11.7. The van der Waals surface area contributed by atoms with Crippen LogP contribution in [-0.4, -0.2) is 40.8 Å². The minimum Gasteiger partial charge on any atom is -0.357 e. The zero-order valence-electron chi connectivity index (χ0n) is 14.4. The van der Waals surface area contributed by atoms with Crippen molar-refractivity contribution in [2.45, 2.75) is 46.2 Å². The summed E-state index contributed by atoms with van der Waals surface area (Å²) in [4.78, 5) is 16.2. The third kappa shape index (κ3) is 8.77. The number of carbonyl (C=O) groups excluding carboxylic acids is 1. The second kappa shape index (κ2) is 12.1. The fourth-order valence-corrected chi connectivity index (χ4v) is 1.80. The van der Waals surface area contributed by atoms with E-state index in [-0.39, 0.29) is 35.9 Å². The Morgan fingerprint density at radius 1 is 1.39 bits per heavy atom. The molecule has 8 heteroatoms. The number of guanidine groups is 1. The van der Waals surface area contributed by atoms with Gasteiger partial charge in [0.25, 0.3) is 0 Å². The Balaban J connectivity index is 0.00000484. The number of amides is 1. The molecule has 1 aromatic rings. The Morgan fingerprint density at radius 3 is 2.70 bits per heavy atom. The molecule has 1 amide bonds. The van der Waals surface area contributed by atoms with Crippen LogP contribution < -0.4 is 16.0 Å². The minimum atomic E-state index is 0. The van der Waals surface area contributed by atoms with Crippen molar-refractivity contribution < 1.29 is 4.79 Å². The van der Waals surface area contributed by atoms with Gasteiger partial charge in [-0.25, -0.2) is 4.99 Å². The number of nitrogens with zero attached hydrogens (tertiary/aromatic N) is 3. The smallest absolute Gasteiger partial charge is 0.221 e. The van der Waals surface area contributed by atoms with Crippen LogP contribution in [0.15, 0.2) is 17.3 Å². The molecule has 1 rings (SSSR count). The van der Waals surface area contributed by atoms with Crippen molar-refractivity contribution in [3.8, 4) is 0 Å². The molecule has 0 spiro atoms. The van der Waals surface area contributed by atoms with Crippen molar-refractivity contribution in [3.63, 3.8) is 0 Å². The first-order valence-corrected chi connectivity index (χ1v) is 7.85. The number of nitrogens with one attached hydrogen (secondary N) is 3. The molecule has 1 atom stereocenters. The van der Waals surface area contributed by atoms with Gasteiger partial charge in [-0.15, -0.1) is 24.0 Å². The highest BCUT2D eigenvalue weighted by atomic mass is 127. The lowest BCUT2D eigenvalue weighted by Crippen LogP contribution is -2.40. The quantitative estimate of drug-likeness (QED) is 0.327. The first kappa shape index (κ1) is 21.7. The predicted molar refractivity (Wildman–Crippen MR) is 104 cm³/mol. The van der Waals surface area contributed by atoms with Gasteiger partial charge in [-0.2, -0.15) is 5.10 Å². The van der Waals surface area contributed by atoms with E-state index in [9.17, 15) is 4.79 Å². The van der Waals surface area contributed by atoms with Crippen LogP contribution in [0, 0.1) is 0 Å². The van der Waals surface area contributed by atoms with E-state index in [1.807, 2.05) is 27.0 Å². The summed E-state index contributed by atoms with van der Waals surface area (Å²) in [6, 6.07) is 2.16. The zero-order chi connectivity index (χ0) is 16.4. The summed E-state index contributed by atoms with van der Waals surface area (Å²) in [5.74, 6) is 0.768. The Labute approximate surface area is 155 Å². The third-order valence-corrected chi connectivity index (χ3v) is 3.33. The van der Waals surface area contributed by atoms with Gasteiger partial charge in [0.1, 0.15) is 0 Å². The summed E-state index contributed by atoms with van der Waals surface area (Å²) in [6.45, 7) is 7.94. The number of aryl methyl sites for hydroxylation is 1. The lowest BCUT2D eigenvalue weighted by atomic mass is 10.2. The molecule has 23 heavy (non-hydrogen) atoms. The summed E-state index contributed by atoms with van der Waals surface area (Å²) in [6.07, 6.45) is 3.12. The van der Waals surface area contributed by atoms with Crippen LogP contribution in [0.2, 0.25) is 0 Å². The molecule has 7 nitrogen and oxygen atoms in total. The van der Waals surface area contributed by atoms with Gasteiger partial charge in [0.15, 0.2) is 5.96 Å². The van der Waals surface area contributed by atoms with Gasteiger partial charge < -0.3 is 16.0 Å². The van der Waals surface area contributed by atoms with E-state index >= 15 is 0 Å². The number of carbonyl (C=O) groups is 1. The molecule has 0 fully saturated rings. The highest BCUT2D eigenvalue weighted by molar-refractivity contribution is 14.0. The molecule has 1 aromatic heterocycles. The summed E-state index contributed by atoms with van der Waals surface area (Å²) in [5.41, 5.74) is 1.03. The van der Waals surface area contributed by atoms with Crippen molar-refractivity contribution in [1.82, 2.24) is 25.7 Å². The van der Waals surface area contributed by atoms with Crippen LogP contribution in [0.25, 0.3) is 0 Å². The molecule has 0 radical (unpaired) electrons. The standard InChI is InChI=1S/C15H28N6O.HI/c1-5-12(3)20-14(22)8-9-17-15(16-6-2)18-11-13-7-10-19-21(13)4;/h7,10,12H,5-6,8-9,11H2,1-4H3,(H,20,22)(H2,16,17,18);1H. The highest BCUT2D eigenvalue weighted by Crippen LogP contribution is 1.98. The Hall–Kier alpha value is -1.32. The highest BCUT2D eigenvalue weighted by Gasteiger charge is 2.06. The molecular formula is C15H29IN6O. The summed E-state index contributed by atoms with van der Waals surface area (Å²) >= 11 is 0. The van der Waals surface area contributed by atoms with E-state index in [1.54, 1.807) is 10.9 Å². The largest absolute Gasteiger partial charge is 0.357 e. The monoisotopic (exact) mass is 436 g/mol. The molecule has 3 N–H and O–H groups in total. The molecule has 0 aliphatic carbocycles. The lowest BCUT2D eigenvalue weighted by molar-refractivity contribution is -0.121. The van der Waals surface area contributed by atoms with Gasteiger partial charge in [-0.05, 0) is 26.3 Å². The average Bonchev–Trinajstić information content (AvgIpc) is 2.89. The number of hydrogen-bond donors (Lipinski definition) is 3. The first-order chi connectivity index (χ1) is 10.6. The van der Waals surface area contributed by atoms with Crippen LogP contribution in [0.3, 0.4) is 0 Å². The number of rotatable bonds is 8. The fraction of sp³-hybridized carbons (Fsp3) is 0.667. The molecule has 0 aromatic carbocycles. The maximum atomic E-state index is 11.7. The Kier molecular flexibility index (Phi) is 11.4. The average molecular weight is 436 g/mol. The fourth-order valence-electron chi connectivity index (χ4n) is 1.80. The molecular weight excluding hydrogens is 407 g/mol. The van der Waals surface area contributed by atoms with Crippen molar-refractivity contribution in [1.29, 1.82) is 0 Å². The lowest BCUT2D eigenvalue weighted by Gasteiger charge is -2.13. The molecule has 1 unspecified atom stereocenters. The molecule has 0 bridgehead atoms. The van der Waals surface area contributed by atoms with Crippen molar-refractivity contribution in [2.75, 3.05) is 13.1 Å². The second-order valence-electron chi connectivity index (χ2n) is 5.19. The van der Waals surface area contributed by atoms with Crippen molar-refractivity contribution in [3.05, 3.63) is 18.0 Å². The van der Waals surface area contributed by atoms with Crippen LogP contribution in [-0.2, 0) is 18.4 Å². The zero-order valence-corrected chi connectivity index (χ0v) is 16.8. The van der Waals surface area contributed by atoms with E-state index in [2.05, 4.69) is 33.0 Å². The van der Waals surface area contributed by atoms with E-state index in [0.717, 1.165) is 18.7 Å². The van der Waals surface area contributed by atoms with E-state index < -0.39 is 0 Å². The number of aromatic nitrogens is 2. The summed E-state index contributed by atoms with van der Waals surface area (Å²) in [5, 5.41) is 13.4. The molecule has 1 heterocycles. The van der Waals surface area contributed by atoms with E-state index in [1.165, 1.54) is 0 Å². The first-order valence-electron chi connectivity index (χ1n) is 7.85. The van der Waals surface area contributed by atoms with Gasteiger partial charge in [-0.1, -0.05) is 6.92 Å². The van der Waals surface area contributed by atoms with E-state index in [0.29, 0.717) is 25.5 Å². The normalized spacial score (nSPS) is 12.3. The molecule has 0 saturated heterocycles. The van der Waals surface area contributed by atoms with Gasteiger partial charge in [0.2, 0.25) is 5.91 Å². The van der Waals surface area contributed by atoms with Crippen LogP contribution in [0.1, 0.15) is 39.3 Å². The number of aliphatic imine (C=N–C) groups is 1. The maximum Gasteiger partial charge on any atom is 0.221 e. The third-order valence-electron chi connectivity index (χ3n) is 3.33. The number of hydrogen-bond acceptors (Lipinski definition) is 3. The van der Waals surface area contributed by atoms with Gasteiger partial charge in [-0.3, -0.25) is 9.48 Å². The van der Waals surface area contributed by atoms with Gasteiger partial charge in [0.05, 0.1) is 12.2 Å². The summed E-state index contributed by atoms with van der Waals surface area (Å²) in [7, 11) is 1.89. The summed E-state index contributed by atoms with van der Waals surface area (Å²) < 4.78 is 1.80.